The van der Waals surface area contributed by atoms with Crippen LogP contribution in [0.15, 0.2) is 41.4 Å². The predicted molar refractivity (Wildman–Crippen MR) is 133 cm³/mol. The Kier molecular flexibility index (Phi) is 5.85. The van der Waals surface area contributed by atoms with E-state index in [4.69, 9.17) is 24.2 Å². The van der Waals surface area contributed by atoms with Gasteiger partial charge < -0.3 is 14.2 Å². The molecule has 5 rings (SSSR count). The standard InChI is InChI=1S/C25H24N2O3S2/c1-28-18-12-15(13-19(29-2)23(18)30-3)14-26-24-22(16-8-4-6-10-20(16)31-24)25-27-17-9-5-7-11-21(17)32-25/h5,7,9,11-14H,4,6,8,10H2,1-3H3/b26-14+. The Morgan fingerprint density at radius 3 is 2.41 bits per heavy atom. The summed E-state index contributed by atoms with van der Waals surface area (Å²) in [6, 6.07) is 12.1. The molecule has 0 spiro atoms. The number of ether oxygens (including phenoxy) is 3. The van der Waals surface area contributed by atoms with Crippen molar-refractivity contribution in [1.82, 2.24) is 4.98 Å². The van der Waals surface area contributed by atoms with Gasteiger partial charge in [-0.3, -0.25) is 0 Å². The SMILES string of the molecule is COc1cc(/C=N/c2sc3c(c2-c2nc4ccccc4s2)CCCC3)cc(OC)c1OC. The van der Waals surface area contributed by atoms with Gasteiger partial charge in [0, 0.05) is 16.7 Å². The van der Waals surface area contributed by atoms with Gasteiger partial charge in [-0.2, -0.15) is 0 Å². The summed E-state index contributed by atoms with van der Waals surface area (Å²) in [4.78, 5) is 11.3. The van der Waals surface area contributed by atoms with Gasteiger partial charge in [-0.25, -0.2) is 9.98 Å². The number of hydrogen-bond donors (Lipinski definition) is 0. The number of thiazole rings is 1. The van der Waals surface area contributed by atoms with Crippen LogP contribution in [0.25, 0.3) is 20.8 Å². The Hall–Kier alpha value is -2.90. The van der Waals surface area contributed by atoms with E-state index in [1.165, 1.54) is 33.5 Å². The van der Waals surface area contributed by atoms with Crippen LogP contribution in [0.2, 0.25) is 0 Å². The summed E-state index contributed by atoms with van der Waals surface area (Å²) >= 11 is 3.54. The van der Waals surface area contributed by atoms with Crippen molar-refractivity contribution in [2.45, 2.75) is 25.7 Å². The lowest BCUT2D eigenvalue weighted by atomic mass is 9.96. The molecule has 164 valence electrons. The highest BCUT2D eigenvalue weighted by Gasteiger charge is 2.24. The fourth-order valence-electron chi connectivity index (χ4n) is 4.15. The van der Waals surface area contributed by atoms with Crippen molar-refractivity contribution in [2.24, 2.45) is 4.99 Å². The molecule has 0 radical (unpaired) electrons. The molecule has 2 heterocycles. The maximum Gasteiger partial charge on any atom is 0.203 e. The number of fused-ring (bicyclic) bond motifs is 2. The second-order valence-corrected chi connectivity index (χ2v) is 9.71. The maximum atomic E-state index is 5.49. The molecule has 0 bridgehead atoms. The molecule has 5 nitrogen and oxygen atoms in total. The van der Waals surface area contributed by atoms with Gasteiger partial charge in [0.05, 0.1) is 37.1 Å². The van der Waals surface area contributed by atoms with E-state index in [2.05, 4.69) is 18.2 Å². The van der Waals surface area contributed by atoms with Crippen molar-refractivity contribution in [1.29, 1.82) is 0 Å². The third-order valence-electron chi connectivity index (χ3n) is 5.68. The second kappa shape index (κ2) is 8.92. The number of thiophene rings is 1. The molecule has 4 aromatic rings. The topological polar surface area (TPSA) is 52.9 Å². The molecule has 0 N–H and O–H groups in total. The minimum Gasteiger partial charge on any atom is -0.493 e. The van der Waals surface area contributed by atoms with Crippen LogP contribution in [-0.4, -0.2) is 32.5 Å². The molecule has 0 saturated carbocycles. The quantitative estimate of drug-likeness (QED) is 0.299. The number of rotatable bonds is 6. The lowest BCUT2D eigenvalue weighted by Gasteiger charge is -2.12. The van der Waals surface area contributed by atoms with E-state index in [1.807, 2.05) is 24.4 Å². The number of aromatic nitrogens is 1. The van der Waals surface area contributed by atoms with Crippen molar-refractivity contribution >= 4 is 44.1 Å². The zero-order chi connectivity index (χ0) is 22.1. The first kappa shape index (κ1) is 21.0. The van der Waals surface area contributed by atoms with Crippen LogP contribution in [-0.2, 0) is 12.8 Å². The average Bonchev–Trinajstić information content (AvgIpc) is 3.42. The molecule has 0 unspecified atom stereocenters. The lowest BCUT2D eigenvalue weighted by molar-refractivity contribution is 0.324. The molecule has 7 heteroatoms. The number of benzene rings is 2. The van der Waals surface area contributed by atoms with Gasteiger partial charge in [0.15, 0.2) is 11.5 Å². The van der Waals surface area contributed by atoms with Gasteiger partial charge in [-0.1, -0.05) is 12.1 Å². The van der Waals surface area contributed by atoms with E-state index >= 15 is 0 Å². The normalized spacial score (nSPS) is 13.5. The molecular formula is C25H24N2O3S2. The third kappa shape index (κ3) is 3.76. The first-order chi connectivity index (χ1) is 15.7. The van der Waals surface area contributed by atoms with Crippen molar-refractivity contribution in [3.63, 3.8) is 0 Å². The van der Waals surface area contributed by atoms with Crippen molar-refractivity contribution in [3.8, 4) is 27.8 Å². The highest BCUT2D eigenvalue weighted by atomic mass is 32.1. The summed E-state index contributed by atoms with van der Waals surface area (Å²) in [6.45, 7) is 0. The largest absolute Gasteiger partial charge is 0.493 e. The molecule has 0 saturated heterocycles. The van der Waals surface area contributed by atoms with E-state index < -0.39 is 0 Å². The number of nitrogens with zero attached hydrogens (tertiary/aromatic N) is 2. The van der Waals surface area contributed by atoms with Crippen LogP contribution in [0, 0.1) is 0 Å². The van der Waals surface area contributed by atoms with Crippen molar-refractivity contribution < 1.29 is 14.2 Å². The molecule has 1 aliphatic rings. The monoisotopic (exact) mass is 464 g/mol. The summed E-state index contributed by atoms with van der Waals surface area (Å²) in [5.41, 5.74) is 4.57. The van der Waals surface area contributed by atoms with Gasteiger partial charge in [0.2, 0.25) is 5.75 Å². The number of aliphatic imine (C=N–C) groups is 1. The molecular weight excluding hydrogens is 440 g/mol. The van der Waals surface area contributed by atoms with Gasteiger partial charge in [-0.05, 0) is 55.5 Å². The van der Waals surface area contributed by atoms with E-state index in [9.17, 15) is 0 Å². The number of aryl methyl sites for hydroxylation is 1. The first-order valence-electron chi connectivity index (χ1n) is 10.6. The Bertz CT molecular complexity index is 1250. The number of para-hydroxylation sites is 1. The Morgan fingerprint density at radius 1 is 0.938 bits per heavy atom. The van der Waals surface area contributed by atoms with Crippen molar-refractivity contribution in [2.75, 3.05) is 21.3 Å². The molecule has 0 fully saturated rings. The maximum absolute atomic E-state index is 5.49. The summed E-state index contributed by atoms with van der Waals surface area (Å²) < 4.78 is 17.6. The van der Waals surface area contributed by atoms with Gasteiger partial charge in [-0.15, -0.1) is 22.7 Å². The zero-order valence-electron chi connectivity index (χ0n) is 18.3. The van der Waals surface area contributed by atoms with Crippen LogP contribution in [0.1, 0.15) is 28.8 Å². The first-order valence-corrected chi connectivity index (χ1v) is 12.2. The summed E-state index contributed by atoms with van der Waals surface area (Å²) in [6.07, 6.45) is 6.55. The smallest absolute Gasteiger partial charge is 0.203 e. The Morgan fingerprint density at radius 2 is 1.69 bits per heavy atom. The van der Waals surface area contributed by atoms with Crippen molar-refractivity contribution in [3.05, 3.63) is 52.4 Å². The lowest BCUT2D eigenvalue weighted by Crippen LogP contribution is -1.99. The van der Waals surface area contributed by atoms with Gasteiger partial charge in [0.1, 0.15) is 10.0 Å². The minimum atomic E-state index is 0.578. The van der Waals surface area contributed by atoms with Crippen LogP contribution in [0.3, 0.4) is 0 Å². The minimum absolute atomic E-state index is 0.578. The van der Waals surface area contributed by atoms with Crippen LogP contribution < -0.4 is 14.2 Å². The van der Waals surface area contributed by atoms with E-state index in [-0.39, 0.29) is 0 Å². The summed E-state index contributed by atoms with van der Waals surface area (Å²) in [5, 5.41) is 2.08. The highest BCUT2D eigenvalue weighted by Crippen LogP contribution is 2.47. The summed E-state index contributed by atoms with van der Waals surface area (Å²) in [5.74, 6) is 1.81. The Balaban J connectivity index is 1.60. The Labute approximate surface area is 195 Å². The molecule has 1 aliphatic carbocycles. The van der Waals surface area contributed by atoms with Crippen LogP contribution >= 0.6 is 22.7 Å². The predicted octanol–water partition coefficient (Wildman–Crippen LogP) is 6.68. The van der Waals surface area contributed by atoms with Gasteiger partial charge >= 0.3 is 0 Å². The third-order valence-corrected chi connectivity index (χ3v) is 7.93. The fraction of sp³-hybridized carbons (Fsp3) is 0.280. The zero-order valence-corrected chi connectivity index (χ0v) is 19.9. The van der Waals surface area contributed by atoms with E-state index in [1.54, 1.807) is 44.0 Å². The average molecular weight is 465 g/mol. The van der Waals surface area contributed by atoms with Crippen LogP contribution in [0.4, 0.5) is 5.00 Å². The van der Waals surface area contributed by atoms with Gasteiger partial charge in [0.25, 0.3) is 0 Å². The fourth-order valence-corrected chi connectivity index (χ4v) is 6.49. The number of methoxy groups -OCH3 is 3. The molecule has 0 aliphatic heterocycles. The molecule has 2 aromatic carbocycles. The second-order valence-electron chi connectivity index (χ2n) is 7.59. The molecule has 2 aromatic heterocycles. The van der Waals surface area contributed by atoms with E-state index in [0.717, 1.165) is 33.9 Å². The molecule has 0 atom stereocenters. The molecule has 0 amide bonds. The highest BCUT2D eigenvalue weighted by molar-refractivity contribution is 7.22. The molecule has 32 heavy (non-hydrogen) atoms. The van der Waals surface area contributed by atoms with Crippen LogP contribution in [0.5, 0.6) is 17.2 Å². The number of hydrogen-bond acceptors (Lipinski definition) is 7. The van der Waals surface area contributed by atoms with E-state index in [0.29, 0.717) is 17.2 Å². The summed E-state index contributed by atoms with van der Waals surface area (Å²) in [7, 11) is 4.85.